The molecule has 0 radical (unpaired) electrons. The van der Waals surface area contributed by atoms with Crippen LogP contribution in [0.15, 0.2) is 48.2 Å². The maximum atomic E-state index is 13.7. The van der Waals surface area contributed by atoms with Gasteiger partial charge in [-0.2, -0.15) is 0 Å². The van der Waals surface area contributed by atoms with Crippen molar-refractivity contribution in [3.63, 3.8) is 0 Å². The third-order valence-corrected chi connectivity index (χ3v) is 6.41. The smallest absolute Gasteiger partial charge is 0.278 e. The van der Waals surface area contributed by atoms with E-state index in [0.717, 1.165) is 30.8 Å². The van der Waals surface area contributed by atoms with Gasteiger partial charge in [0.2, 0.25) is 0 Å². The molecule has 33 heavy (non-hydrogen) atoms. The highest BCUT2D eigenvalue weighted by Crippen LogP contribution is 2.37. The molecule has 0 bridgehead atoms. The van der Waals surface area contributed by atoms with Gasteiger partial charge in [0.05, 0.1) is 26.3 Å². The monoisotopic (exact) mass is 449 g/mol. The second kappa shape index (κ2) is 9.67. The molecule has 1 saturated heterocycles. The largest absolute Gasteiger partial charge is 0.493 e. The number of aryl methyl sites for hydroxylation is 1. The average Bonchev–Trinajstić information content (AvgIpc) is 3.09. The van der Waals surface area contributed by atoms with Crippen LogP contribution in [0.5, 0.6) is 11.5 Å². The summed E-state index contributed by atoms with van der Waals surface area (Å²) in [6.45, 7) is 8.50. The highest BCUT2D eigenvalue weighted by Gasteiger charge is 2.42. The van der Waals surface area contributed by atoms with Gasteiger partial charge in [-0.1, -0.05) is 42.8 Å². The zero-order valence-corrected chi connectivity index (χ0v) is 19.8. The van der Waals surface area contributed by atoms with Crippen LogP contribution in [0.2, 0.25) is 0 Å². The lowest BCUT2D eigenvalue weighted by Gasteiger charge is -2.36. The Hall–Kier alpha value is -3.32. The van der Waals surface area contributed by atoms with E-state index in [2.05, 4.69) is 16.7 Å². The normalized spacial score (nSPS) is 17.2. The zero-order valence-electron chi connectivity index (χ0n) is 19.8. The lowest BCUT2D eigenvalue weighted by atomic mass is 10.0. The van der Waals surface area contributed by atoms with Crippen molar-refractivity contribution in [3.05, 3.63) is 64.9 Å². The number of hydrogen-bond donors (Lipinski definition) is 0. The summed E-state index contributed by atoms with van der Waals surface area (Å²) < 4.78 is 10.8. The second-order valence-electron chi connectivity index (χ2n) is 8.40. The number of carbonyl (C=O) groups excluding carboxylic acids is 2. The summed E-state index contributed by atoms with van der Waals surface area (Å²) in [5.41, 5.74) is 3.63. The minimum atomic E-state index is -0.277. The second-order valence-corrected chi connectivity index (χ2v) is 8.40. The van der Waals surface area contributed by atoms with Crippen molar-refractivity contribution < 1.29 is 19.1 Å². The minimum absolute atomic E-state index is 0.240. The van der Waals surface area contributed by atoms with Gasteiger partial charge in [-0.05, 0) is 36.7 Å². The number of likely N-dealkylation sites (N-methyl/N-ethyl adjacent to an activating group) is 1. The first-order valence-electron chi connectivity index (χ1n) is 11.3. The molecule has 2 aromatic carbocycles. The van der Waals surface area contributed by atoms with Gasteiger partial charge < -0.3 is 19.3 Å². The lowest BCUT2D eigenvalue weighted by molar-refractivity contribution is -0.138. The molecule has 0 aromatic heterocycles. The van der Waals surface area contributed by atoms with Crippen LogP contribution in [-0.4, -0.2) is 73.5 Å². The minimum Gasteiger partial charge on any atom is -0.493 e. The predicted octanol–water partition coefficient (Wildman–Crippen LogP) is 2.93. The van der Waals surface area contributed by atoms with Crippen molar-refractivity contribution in [3.8, 4) is 11.5 Å². The highest BCUT2D eigenvalue weighted by molar-refractivity contribution is 6.35. The van der Waals surface area contributed by atoms with Gasteiger partial charge in [0, 0.05) is 26.2 Å². The fraction of sp³-hybridized carbons (Fsp3) is 0.385. The van der Waals surface area contributed by atoms with Crippen LogP contribution in [0.4, 0.5) is 0 Å². The van der Waals surface area contributed by atoms with E-state index in [1.54, 1.807) is 26.4 Å². The molecule has 0 aliphatic carbocycles. The summed E-state index contributed by atoms with van der Waals surface area (Å²) in [5, 5.41) is 0. The summed E-state index contributed by atoms with van der Waals surface area (Å²) >= 11 is 0. The molecule has 0 atom stereocenters. The molecule has 2 amide bonds. The van der Waals surface area contributed by atoms with E-state index in [0.29, 0.717) is 41.4 Å². The number of hydrogen-bond acceptors (Lipinski definition) is 6. The predicted molar refractivity (Wildman–Crippen MR) is 127 cm³/mol. The lowest BCUT2D eigenvalue weighted by Crippen LogP contribution is -2.47. The Morgan fingerprint density at radius 1 is 0.848 bits per heavy atom. The van der Waals surface area contributed by atoms with Crippen molar-refractivity contribution in [2.24, 2.45) is 0 Å². The van der Waals surface area contributed by atoms with Crippen LogP contribution in [0.25, 0.3) is 5.57 Å². The molecule has 0 saturated carbocycles. The van der Waals surface area contributed by atoms with Crippen molar-refractivity contribution in [1.82, 2.24) is 14.7 Å². The Bertz CT molecular complexity index is 1070. The standard InChI is InChI=1S/C26H31N3O4/c1-5-27-12-14-28(15-13-27)24-23(20-10-11-21(32-3)22(16-20)33-4)25(30)29(26(24)31)17-19-8-6-18(2)7-9-19/h6-11,16H,5,12-15,17H2,1-4H3. The topological polar surface area (TPSA) is 62.3 Å². The van der Waals surface area contributed by atoms with E-state index in [4.69, 9.17) is 9.47 Å². The summed E-state index contributed by atoms with van der Waals surface area (Å²) in [6, 6.07) is 13.3. The zero-order chi connectivity index (χ0) is 23.5. The van der Waals surface area contributed by atoms with Crippen molar-refractivity contribution in [2.75, 3.05) is 46.9 Å². The molecule has 4 rings (SSSR count). The highest BCUT2D eigenvalue weighted by atomic mass is 16.5. The van der Waals surface area contributed by atoms with Gasteiger partial charge in [0.15, 0.2) is 11.5 Å². The van der Waals surface area contributed by atoms with E-state index >= 15 is 0 Å². The number of ether oxygens (including phenoxy) is 2. The van der Waals surface area contributed by atoms with Gasteiger partial charge >= 0.3 is 0 Å². The van der Waals surface area contributed by atoms with E-state index in [1.807, 2.05) is 37.3 Å². The number of nitrogens with zero attached hydrogens (tertiary/aromatic N) is 3. The number of benzene rings is 2. The van der Waals surface area contributed by atoms with Crippen LogP contribution in [0.3, 0.4) is 0 Å². The average molecular weight is 450 g/mol. The third kappa shape index (κ3) is 4.46. The molecule has 0 unspecified atom stereocenters. The Balaban J connectivity index is 1.73. The fourth-order valence-corrected chi connectivity index (χ4v) is 4.42. The van der Waals surface area contributed by atoms with E-state index in [-0.39, 0.29) is 18.4 Å². The van der Waals surface area contributed by atoms with Gasteiger partial charge in [0.1, 0.15) is 5.70 Å². The number of carbonyl (C=O) groups is 2. The maximum absolute atomic E-state index is 13.7. The summed E-state index contributed by atoms with van der Waals surface area (Å²) in [7, 11) is 3.13. The molecule has 174 valence electrons. The van der Waals surface area contributed by atoms with Crippen LogP contribution < -0.4 is 9.47 Å². The first-order chi connectivity index (χ1) is 16.0. The molecular formula is C26H31N3O4. The Labute approximate surface area is 195 Å². The van der Waals surface area contributed by atoms with Gasteiger partial charge in [-0.25, -0.2) is 0 Å². The van der Waals surface area contributed by atoms with Crippen molar-refractivity contribution in [2.45, 2.75) is 20.4 Å². The van der Waals surface area contributed by atoms with E-state index in [9.17, 15) is 9.59 Å². The quantitative estimate of drug-likeness (QED) is 0.606. The number of amides is 2. The molecular weight excluding hydrogens is 418 g/mol. The summed E-state index contributed by atoms with van der Waals surface area (Å²) in [6.07, 6.45) is 0. The molecule has 2 aliphatic heterocycles. The molecule has 2 aliphatic rings. The summed E-state index contributed by atoms with van der Waals surface area (Å²) in [4.78, 5) is 33.1. The van der Waals surface area contributed by atoms with Crippen molar-refractivity contribution in [1.29, 1.82) is 0 Å². The number of imide groups is 1. The Morgan fingerprint density at radius 2 is 1.52 bits per heavy atom. The first-order valence-corrected chi connectivity index (χ1v) is 11.3. The molecule has 2 heterocycles. The molecule has 2 aromatic rings. The third-order valence-electron chi connectivity index (χ3n) is 6.41. The number of piperazine rings is 1. The van der Waals surface area contributed by atoms with Gasteiger partial charge in [-0.3, -0.25) is 14.5 Å². The van der Waals surface area contributed by atoms with Gasteiger partial charge in [0.25, 0.3) is 11.8 Å². The Kier molecular flexibility index (Phi) is 6.70. The van der Waals surface area contributed by atoms with Crippen molar-refractivity contribution >= 4 is 17.4 Å². The van der Waals surface area contributed by atoms with Gasteiger partial charge in [-0.15, -0.1) is 0 Å². The SMILES string of the molecule is CCN1CCN(C2=C(c3ccc(OC)c(OC)c3)C(=O)N(Cc3ccc(C)cc3)C2=O)CC1. The number of methoxy groups -OCH3 is 2. The molecule has 7 heteroatoms. The van der Waals surface area contributed by atoms with Crippen LogP contribution in [-0.2, 0) is 16.1 Å². The molecule has 1 fully saturated rings. The summed E-state index contributed by atoms with van der Waals surface area (Å²) in [5.74, 6) is 0.583. The molecule has 0 N–H and O–H groups in total. The maximum Gasteiger partial charge on any atom is 0.278 e. The molecule has 0 spiro atoms. The fourth-order valence-electron chi connectivity index (χ4n) is 4.42. The Morgan fingerprint density at radius 3 is 2.12 bits per heavy atom. The van der Waals surface area contributed by atoms with E-state index < -0.39 is 0 Å². The number of rotatable bonds is 7. The van der Waals surface area contributed by atoms with Crippen LogP contribution >= 0.6 is 0 Å². The first kappa shape index (κ1) is 22.9. The molecule has 7 nitrogen and oxygen atoms in total. The van der Waals surface area contributed by atoms with Crippen LogP contribution in [0.1, 0.15) is 23.6 Å². The van der Waals surface area contributed by atoms with Crippen LogP contribution in [0, 0.1) is 6.92 Å². The van der Waals surface area contributed by atoms with E-state index in [1.165, 1.54) is 4.90 Å².